The van der Waals surface area contributed by atoms with Crippen molar-refractivity contribution in [3.63, 3.8) is 0 Å². The van der Waals surface area contributed by atoms with E-state index in [0.29, 0.717) is 11.8 Å². The van der Waals surface area contributed by atoms with E-state index in [1.54, 1.807) is 17.4 Å². The zero-order valence-electron chi connectivity index (χ0n) is 12.8. The summed E-state index contributed by atoms with van der Waals surface area (Å²) in [5, 5.41) is 10.8. The molecule has 20 heavy (non-hydrogen) atoms. The number of nitrogens with zero attached hydrogens (tertiary/aromatic N) is 1. The molecule has 0 aliphatic heterocycles. The van der Waals surface area contributed by atoms with E-state index in [1.807, 2.05) is 11.4 Å². The molecule has 4 heteroatoms. The van der Waals surface area contributed by atoms with Gasteiger partial charge in [-0.25, -0.2) is 4.79 Å². The van der Waals surface area contributed by atoms with Gasteiger partial charge < -0.3 is 5.11 Å². The van der Waals surface area contributed by atoms with Crippen molar-refractivity contribution >= 4 is 23.4 Å². The Hall–Kier alpha value is -1.13. The van der Waals surface area contributed by atoms with Crippen molar-refractivity contribution in [2.75, 3.05) is 13.1 Å². The predicted molar refractivity (Wildman–Crippen MR) is 85.9 cm³/mol. The van der Waals surface area contributed by atoms with Gasteiger partial charge in [0.05, 0.1) is 0 Å². The molecule has 3 nitrogen and oxygen atoms in total. The van der Waals surface area contributed by atoms with Crippen LogP contribution in [0.15, 0.2) is 17.5 Å². The second-order valence-corrected chi connectivity index (χ2v) is 6.95. The van der Waals surface area contributed by atoms with Crippen molar-refractivity contribution < 1.29 is 9.90 Å². The van der Waals surface area contributed by atoms with E-state index in [-0.39, 0.29) is 0 Å². The molecular weight excluding hydrogens is 270 g/mol. The Balaban J connectivity index is 2.77. The number of carbonyl (C=O) groups is 1. The molecule has 0 aromatic carbocycles. The molecule has 1 N–H and O–H groups in total. The van der Waals surface area contributed by atoms with Gasteiger partial charge in [-0.05, 0) is 34.9 Å². The van der Waals surface area contributed by atoms with E-state index >= 15 is 0 Å². The number of carboxylic acid groups (broad SMARTS) is 1. The average Bonchev–Trinajstić information content (AvgIpc) is 2.71. The Morgan fingerprint density at radius 1 is 1.30 bits per heavy atom. The van der Waals surface area contributed by atoms with Crippen LogP contribution in [0, 0.1) is 11.8 Å². The molecule has 0 amide bonds. The summed E-state index contributed by atoms with van der Waals surface area (Å²) in [7, 11) is 0. The van der Waals surface area contributed by atoms with Crippen LogP contribution in [-0.4, -0.2) is 29.1 Å². The van der Waals surface area contributed by atoms with Crippen molar-refractivity contribution in [1.82, 2.24) is 4.90 Å². The number of hydrogen-bond donors (Lipinski definition) is 1. The van der Waals surface area contributed by atoms with Gasteiger partial charge in [0.15, 0.2) is 0 Å². The normalized spacial score (nSPS) is 12.2. The van der Waals surface area contributed by atoms with Crippen molar-refractivity contribution in [1.29, 1.82) is 0 Å². The van der Waals surface area contributed by atoms with Gasteiger partial charge in [0.1, 0.15) is 0 Å². The molecule has 1 rings (SSSR count). The van der Waals surface area contributed by atoms with E-state index in [1.165, 1.54) is 11.0 Å². The van der Waals surface area contributed by atoms with Crippen LogP contribution < -0.4 is 0 Å². The first-order valence-corrected chi connectivity index (χ1v) is 7.96. The highest BCUT2D eigenvalue weighted by Gasteiger charge is 2.12. The molecule has 0 saturated heterocycles. The average molecular weight is 295 g/mol. The highest BCUT2D eigenvalue weighted by atomic mass is 32.1. The van der Waals surface area contributed by atoms with E-state index in [2.05, 4.69) is 32.6 Å². The SMILES string of the molecule is CC(C)CN(Cc1sccc1C=CC(=O)O)CC(C)C. The van der Waals surface area contributed by atoms with Gasteiger partial charge >= 0.3 is 5.97 Å². The van der Waals surface area contributed by atoms with Gasteiger partial charge in [-0.15, -0.1) is 11.3 Å². The Morgan fingerprint density at radius 3 is 2.40 bits per heavy atom. The number of thiophene rings is 1. The van der Waals surface area contributed by atoms with Crippen LogP contribution in [0.4, 0.5) is 0 Å². The number of hydrogen-bond acceptors (Lipinski definition) is 3. The summed E-state index contributed by atoms with van der Waals surface area (Å²) in [6.07, 6.45) is 2.90. The first-order valence-electron chi connectivity index (χ1n) is 7.08. The van der Waals surface area contributed by atoms with Crippen LogP contribution >= 0.6 is 11.3 Å². The lowest BCUT2D eigenvalue weighted by Gasteiger charge is -2.25. The molecule has 0 saturated carbocycles. The Morgan fingerprint density at radius 2 is 1.90 bits per heavy atom. The Labute approximate surface area is 125 Å². The van der Waals surface area contributed by atoms with Gasteiger partial charge in [0.25, 0.3) is 0 Å². The minimum absolute atomic E-state index is 0.631. The third-order valence-corrected chi connectivity index (χ3v) is 3.72. The lowest BCUT2D eigenvalue weighted by Crippen LogP contribution is -2.30. The minimum Gasteiger partial charge on any atom is -0.478 e. The Bertz CT molecular complexity index is 439. The molecule has 1 aromatic heterocycles. The van der Waals surface area contributed by atoms with Crippen LogP contribution in [0.5, 0.6) is 0 Å². The number of rotatable bonds is 8. The smallest absolute Gasteiger partial charge is 0.328 e. The molecule has 0 unspecified atom stereocenters. The summed E-state index contributed by atoms with van der Waals surface area (Å²) in [6, 6.07) is 1.99. The minimum atomic E-state index is -0.900. The van der Waals surface area contributed by atoms with Crippen molar-refractivity contribution in [2.24, 2.45) is 11.8 Å². The summed E-state index contributed by atoms with van der Waals surface area (Å²) in [6.45, 7) is 11.9. The van der Waals surface area contributed by atoms with Crippen LogP contribution in [0.2, 0.25) is 0 Å². The summed E-state index contributed by atoms with van der Waals surface area (Å²) >= 11 is 1.70. The van der Waals surface area contributed by atoms with E-state index in [9.17, 15) is 4.79 Å². The van der Waals surface area contributed by atoms with Crippen molar-refractivity contribution in [3.05, 3.63) is 28.0 Å². The topological polar surface area (TPSA) is 40.5 Å². The quantitative estimate of drug-likeness (QED) is 0.738. The summed E-state index contributed by atoms with van der Waals surface area (Å²) in [4.78, 5) is 14.3. The van der Waals surface area contributed by atoms with Crippen LogP contribution in [0.3, 0.4) is 0 Å². The molecule has 112 valence electrons. The number of carboxylic acids is 1. The second-order valence-electron chi connectivity index (χ2n) is 5.95. The number of aliphatic carboxylic acids is 1. The maximum absolute atomic E-state index is 10.6. The molecule has 1 heterocycles. The molecule has 0 atom stereocenters. The van der Waals surface area contributed by atoms with Gasteiger partial charge in [0, 0.05) is 30.6 Å². The van der Waals surface area contributed by atoms with Gasteiger partial charge in [-0.2, -0.15) is 0 Å². The monoisotopic (exact) mass is 295 g/mol. The first-order chi connectivity index (χ1) is 9.38. The van der Waals surface area contributed by atoms with Gasteiger partial charge in [-0.1, -0.05) is 27.7 Å². The van der Waals surface area contributed by atoms with Gasteiger partial charge in [-0.3, -0.25) is 4.90 Å². The van der Waals surface area contributed by atoms with Crippen molar-refractivity contribution in [3.8, 4) is 0 Å². The highest BCUT2D eigenvalue weighted by Crippen LogP contribution is 2.21. The standard InChI is InChI=1S/C16H25NO2S/c1-12(2)9-17(10-13(3)4)11-15-14(7-8-20-15)5-6-16(18)19/h5-8,12-13H,9-11H2,1-4H3,(H,18,19). The maximum atomic E-state index is 10.6. The molecule has 0 bridgehead atoms. The lowest BCUT2D eigenvalue weighted by atomic mass is 10.1. The van der Waals surface area contributed by atoms with Crippen LogP contribution in [0.25, 0.3) is 6.08 Å². The predicted octanol–water partition coefficient (Wildman–Crippen LogP) is 3.96. The van der Waals surface area contributed by atoms with Crippen LogP contribution in [-0.2, 0) is 11.3 Å². The molecule has 0 radical (unpaired) electrons. The molecule has 0 aliphatic rings. The first kappa shape index (κ1) is 16.9. The molecule has 1 aromatic rings. The van der Waals surface area contributed by atoms with E-state index in [4.69, 9.17) is 5.11 Å². The zero-order valence-corrected chi connectivity index (χ0v) is 13.6. The summed E-state index contributed by atoms with van der Waals surface area (Å²) in [5.74, 6) is 0.363. The fraction of sp³-hybridized carbons (Fsp3) is 0.562. The molecule has 0 fully saturated rings. The summed E-state index contributed by atoms with van der Waals surface area (Å²) in [5.41, 5.74) is 1.02. The Kier molecular flexibility index (Phi) is 6.96. The third kappa shape index (κ3) is 6.35. The zero-order chi connectivity index (χ0) is 15.1. The molecular formula is C16H25NO2S. The summed E-state index contributed by atoms with van der Waals surface area (Å²) < 4.78 is 0. The van der Waals surface area contributed by atoms with E-state index in [0.717, 1.165) is 25.2 Å². The fourth-order valence-electron chi connectivity index (χ4n) is 2.23. The second kappa shape index (κ2) is 8.22. The largest absolute Gasteiger partial charge is 0.478 e. The van der Waals surface area contributed by atoms with Gasteiger partial charge in [0.2, 0.25) is 0 Å². The molecule has 0 aliphatic carbocycles. The third-order valence-electron chi connectivity index (χ3n) is 2.80. The maximum Gasteiger partial charge on any atom is 0.328 e. The lowest BCUT2D eigenvalue weighted by molar-refractivity contribution is -0.131. The van der Waals surface area contributed by atoms with E-state index < -0.39 is 5.97 Å². The molecule has 0 spiro atoms. The van der Waals surface area contributed by atoms with Crippen molar-refractivity contribution in [2.45, 2.75) is 34.2 Å². The highest BCUT2D eigenvalue weighted by molar-refractivity contribution is 7.10. The van der Waals surface area contributed by atoms with Crippen LogP contribution in [0.1, 0.15) is 38.1 Å². The fourth-order valence-corrected chi connectivity index (χ4v) is 3.14.